The summed E-state index contributed by atoms with van der Waals surface area (Å²) in [6.07, 6.45) is 1.65. The van der Waals surface area contributed by atoms with Gasteiger partial charge in [-0.15, -0.1) is 0 Å². The lowest BCUT2D eigenvalue weighted by Crippen LogP contribution is -2.36. The van der Waals surface area contributed by atoms with E-state index in [1.807, 2.05) is 78.9 Å². The van der Waals surface area contributed by atoms with Crippen LogP contribution in [-0.2, 0) is 16.2 Å². The Bertz CT molecular complexity index is 1240. The van der Waals surface area contributed by atoms with Crippen LogP contribution in [-0.4, -0.2) is 28.5 Å². The van der Waals surface area contributed by atoms with E-state index in [-0.39, 0.29) is 11.4 Å². The number of imide groups is 1. The van der Waals surface area contributed by atoms with Crippen LogP contribution in [0, 0.1) is 0 Å². The molecule has 0 aliphatic carbocycles. The van der Waals surface area contributed by atoms with Crippen LogP contribution in [0.25, 0.3) is 6.08 Å². The van der Waals surface area contributed by atoms with Crippen molar-refractivity contribution in [1.29, 1.82) is 0 Å². The lowest BCUT2D eigenvalue weighted by molar-refractivity contribution is -0.127. The molecule has 3 aromatic rings. The van der Waals surface area contributed by atoms with Crippen LogP contribution in [0.3, 0.4) is 0 Å². The number of hydrogen-bond acceptors (Lipinski definition) is 5. The van der Waals surface area contributed by atoms with Crippen molar-refractivity contribution >= 4 is 40.6 Å². The van der Waals surface area contributed by atoms with Gasteiger partial charge in [0.05, 0.1) is 4.91 Å². The third-order valence-electron chi connectivity index (χ3n) is 5.46. The van der Waals surface area contributed by atoms with E-state index in [0.29, 0.717) is 24.0 Å². The third-order valence-corrected chi connectivity index (χ3v) is 6.37. The Morgan fingerprint density at radius 1 is 0.971 bits per heavy atom. The first-order valence-electron chi connectivity index (χ1n) is 11.3. The number of carbonyl (C=O) groups is 3. The minimum Gasteiger partial charge on any atom is -0.489 e. The Labute approximate surface area is 209 Å². The number of nitrogens with zero attached hydrogens (tertiary/aromatic N) is 1. The lowest BCUT2D eigenvalue weighted by Gasteiger charge is -2.13. The zero-order valence-corrected chi connectivity index (χ0v) is 20.4. The molecule has 0 aromatic heterocycles. The number of rotatable bonds is 8. The molecule has 1 aliphatic rings. The van der Waals surface area contributed by atoms with Gasteiger partial charge in [-0.25, -0.2) is 0 Å². The van der Waals surface area contributed by atoms with Gasteiger partial charge in [-0.3, -0.25) is 19.3 Å². The molecule has 3 amide bonds. The molecule has 0 bridgehead atoms. The number of benzene rings is 3. The van der Waals surface area contributed by atoms with Gasteiger partial charge in [-0.2, -0.15) is 0 Å². The summed E-state index contributed by atoms with van der Waals surface area (Å²) in [4.78, 5) is 38.8. The van der Waals surface area contributed by atoms with Gasteiger partial charge in [-0.1, -0.05) is 68.4 Å². The third kappa shape index (κ3) is 6.39. The van der Waals surface area contributed by atoms with Gasteiger partial charge < -0.3 is 10.1 Å². The van der Waals surface area contributed by atoms with Crippen LogP contribution in [0.4, 0.5) is 10.5 Å². The summed E-state index contributed by atoms with van der Waals surface area (Å²) >= 11 is 0.829. The monoisotopic (exact) mass is 486 g/mol. The van der Waals surface area contributed by atoms with E-state index in [9.17, 15) is 14.4 Å². The van der Waals surface area contributed by atoms with Crippen molar-refractivity contribution in [3.8, 4) is 5.75 Å². The molecule has 1 saturated heterocycles. The number of carbonyl (C=O) groups excluding carboxylic acids is 3. The number of ether oxygens (including phenoxy) is 1. The molecule has 0 unspecified atom stereocenters. The van der Waals surface area contributed by atoms with Crippen LogP contribution >= 0.6 is 11.8 Å². The number of nitrogens with one attached hydrogen (secondary N) is 1. The maximum Gasteiger partial charge on any atom is 0.294 e. The van der Waals surface area contributed by atoms with E-state index in [4.69, 9.17) is 4.74 Å². The van der Waals surface area contributed by atoms with Gasteiger partial charge in [-0.05, 0) is 64.7 Å². The maximum atomic E-state index is 12.8. The molecule has 178 valence electrons. The van der Waals surface area contributed by atoms with Gasteiger partial charge in [0.25, 0.3) is 11.1 Å². The fraction of sp³-hybridized carbons (Fsp3) is 0.179. The molecule has 0 atom stereocenters. The van der Waals surface area contributed by atoms with Crippen molar-refractivity contribution in [2.45, 2.75) is 26.4 Å². The Hall–Kier alpha value is -3.84. The fourth-order valence-electron chi connectivity index (χ4n) is 3.48. The molecule has 0 saturated carbocycles. The summed E-state index contributed by atoms with van der Waals surface area (Å²) in [5, 5.41) is 2.28. The van der Waals surface area contributed by atoms with Crippen molar-refractivity contribution < 1.29 is 19.1 Å². The molecule has 0 spiro atoms. The highest BCUT2D eigenvalue weighted by molar-refractivity contribution is 8.18. The number of thioether (sulfide) groups is 1. The number of anilines is 1. The first kappa shape index (κ1) is 24.3. The normalized spacial score (nSPS) is 14.6. The molecule has 4 rings (SSSR count). The Morgan fingerprint density at radius 3 is 2.31 bits per heavy atom. The Morgan fingerprint density at radius 2 is 1.66 bits per heavy atom. The zero-order valence-electron chi connectivity index (χ0n) is 19.6. The minimum atomic E-state index is -0.477. The van der Waals surface area contributed by atoms with Gasteiger partial charge in [0.15, 0.2) is 0 Å². The molecular weight excluding hydrogens is 460 g/mol. The van der Waals surface area contributed by atoms with E-state index in [1.165, 1.54) is 0 Å². The molecule has 1 N–H and O–H groups in total. The standard InChI is InChI=1S/C28H26N2O4S/c1-19(2)22-10-12-23(13-11-22)29-26(31)17-30-27(32)25(35-28(30)33)16-20-8-14-24(15-9-20)34-18-21-6-4-3-5-7-21/h3-16,19H,17-18H2,1-2H3,(H,29,31)/b25-16+. The van der Waals surface area contributed by atoms with Crippen LogP contribution in [0.5, 0.6) is 5.75 Å². The summed E-state index contributed by atoms with van der Waals surface area (Å²) in [5.74, 6) is 0.192. The average molecular weight is 487 g/mol. The second-order valence-corrected chi connectivity index (χ2v) is 9.43. The van der Waals surface area contributed by atoms with Crippen LogP contribution < -0.4 is 10.1 Å². The average Bonchev–Trinajstić information content (AvgIpc) is 3.11. The highest BCUT2D eigenvalue weighted by atomic mass is 32.2. The van der Waals surface area contributed by atoms with Crippen LogP contribution in [0.15, 0.2) is 83.8 Å². The van der Waals surface area contributed by atoms with Gasteiger partial charge in [0.1, 0.15) is 18.9 Å². The molecule has 0 radical (unpaired) electrons. The summed E-state index contributed by atoms with van der Waals surface area (Å²) in [6, 6.07) is 24.7. The largest absolute Gasteiger partial charge is 0.489 e. The first-order valence-corrected chi connectivity index (χ1v) is 12.1. The van der Waals surface area contributed by atoms with Crippen molar-refractivity contribution in [3.63, 3.8) is 0 Å². The van der Waals surface area contributed by atoms with Gasteiger partial charge >= 0.3 is 0 Å². The van der Waals surface area contributed by atoms with E-state index in [2.05, 4.69) is 19.2 Å². The quantitative estimate of drug-likeness (QED) is 0.392. The van der Waals surface area contributed by atoms with E-state index in [1.54, 1.807) is 6.08 Å². The summed E-state index contributed by atoms with van der Waals surface area (Å²) in [7, 11) is 0. The van der Waals surface area contributed by atoms with E-state index < -0.39 is 17.1 Å². The van der Waals surface area contributed by atoms with Gasteiger partial charge in [0.2, 0.25) is 5.91 Å². The maximum absolute atomic E-state index is 12.8. The van der Waals surface area contributed by atoms with Crippen LogP contribution in [0.1, 0.15) is 36.5 Å². The number of amides is 3. The highest BCUT2D eigenvalue weighted by Crippen LogP contribution is 2.32. The Kier molecular flexibility index (Phi) is 7.67. The van der Waals surface area contributed by atoms with Crippen molar-refractivity contribution in [2.24, 2.45) is 0 Å². The fourth-order valence-corrected chi connectivity index (χ4v) is 4.32. The van der Waals surface area contributed by atoms with Crippen molar-refractivity contribution in [2.75, 3.05) is 11.9 Å². The molecule has 6 nitrogen and oxygen atoms in total. The SMILES string of the molecule is CC(C)c1ccc(NC(=O)CN2C(=O)S/C(=C/c3ccc(OCc4ccccc4)cc3)C2=O)cc1. The predicted molar refractivity (Wildman–Crippen MR) is 139 cm³/mol. The van der Waals surface area contributed by atoms with Crippen molar-refractivity contribution in [3.05, 3.63) is 100 Å². The molecule has 1 aliphatic heterocycles. The first-order chi connectivity index (χ1) is 16.9. The molecule has 3 aromatic carbocycles. The highest BCUT2D eigenvalue weighted by Gasteiger charge is 2.36. The van der Waals surface area contributed by atoms with E-state index in [0.717, 1.165) is 33.4 Å². The molecule has 1 heterocycles. The second-order valence-electron chi connectivity index (χ2n) is 8.44. The molecule has 7 heteroatoms. The summed E-state index contributed by atoms with van der Waals surface area (Å²) < 4.78 is 5.78. The van der Waals surface area contributed by atoms with Crippen molar-refractivity contribution in [1.82, 2.24) is 4.90 Å². The summed E-state index contributed by atoms with van der Waals surface area (Å²) in [6.45, 7) is 4.31. The Balaban J connectivity index is 1.34. The summed E-state index contributed by atoms with van der Waals surface area (Å²) in [5.41, 5.74) is 3.62. The molecular formula is C28H26N2O4S. The smallest absolute Gasteiger partial charge is 0.294 e. The molecule has 1 fully saturated rings. The lowest BCUT2D eigenvalue weighted by atomic mass is 10.0. The van der Waals surface area contributed by atoms with E-state index >= 15 is 0 Å². The topological polar surface area (TPSA) is 75.7 Å². The molecule has 35 heavy (non-hydrogen) atoms. The minimum absolute atomic E-state index is 0.280. The zero-order chi connectivity index (χ0) is 24.8. The second kappa shape index (κ2) is 11.1. The van der Waals surface area contributed by atoms with Gasteiger partial charge in [0, 0.05) is 5.69 Å². The predicted octanol–water partition coefficient (Wildman–Crippen LogP) is 6.06. The number of hydrogen-bond donors (Lipinski definition) is 1. The van der Waals surface area contributed by atoms with Crippen LogP contribution in [0.2, 0.25) is 0 Å².